The second-order valence-electron chi connectivity index (χ2n) is 7.05. The minimum Gasteiger partial charge on any atom is -0.497 e. The molecule has 1 aromatic heterocycles. The highest BCUT2D eigenvalue weighted by molar-refractivity contribution is 6.01. The van der Waals surface area contributed by atoms with Crippen LogP contribution in [0.5, 0.6) is 23.0 Å². The zero-order chi connectivity index (χ0) is 24.5. The number of hydrogen-bond donors (Lipinski definition) is 3. The fourth-order valence-corrected chi connectivity index (χ4v) is 3.00. The number of guanidine groups is 1. The number of nitrogens with one attached hydrogen (secondary N) is 1. The number of aromatic nitrogens is 1. The molecule has 0 aliphatic heterocycles. The van der Waals surface area contributed by atoms with Gasteiger partial charge in [0.05, 0.1) is 20.8 Å². The summed E-state index contributed by atoms with van der Waals surface area (Å²) in [5, 5.41) is 3.15. The van der Waals surface area contributed by atoms with Crippen LogP contribution in [0.4, 0.5) is 5.69 Å². The summed E-state index contributed by atoms with van der Waals surface area (Å²) in [6.07, 6.45) is 1.46. The molecule has 1 amide bonds. The van der Waals surface area contributed by atoms with Gasteiger partial charge < -0.3 is 31.0 Å². The molecule has 0 aliphatic carbocycles. The Balaban J connectivity index is 1.67. The van der Waals surface area contributed by atoms with E-state index in [-0.39, 0.29) is 18.2 Å². The molecule has 0 saturated carbocycles. The Morgan fingerprint density at radius 1 is 1.00 bits per heavy atom. The van der Waals surface area contributed by atoms with E-state index in [0.717, 1.165) is 11.3 Å². The lowest BCUT2D eigenvalue weighted by atomic mass is 10.2. The van der Waals surface area contributed by atoms with Gasteiger partial charge in [0.2, 0.25) is 5.96 Å². The number of carbonyl (C=O) groups is 1. The maximum absolute atomic E-state index is 11.3. The Bertz CT molecular complexity index is 1230. The first-order valence-corrected chi connectivity index (χ1v) is 10.2. The Morgan fingerprint density at radius 3 is 2.53 bits per heavy atom. The second-order valence-corrected chi connectivity index (χ2v) is 7.05. The molecule has 0 unspecified atom stereocenters. The largest absolute Gasteiger partial charge is 0.497 e. The van der Waals surface area contributed by atoms with Crippen molar-refractivity contribution in [2.75, 3.05) is 19.5 Å². The van der Waals surface area contributed by atoms with Crippen LogP contribution in [0, 0.1) is 0 Å². The number of rotatable bonds is 8. The summed E-state index contributed by atoms with van der Waals surface area (Å²) in [5.41, 5.74) is 12.9. The Labute approximate surface area is 197 Å². The summed E-state index contributed by atoms with van der Waals surface area (Å²) in [4.78, 5) is 23.8. The van der Waals surface area contributed by atoms with Gasteiger partial charge in [0, 0.05) is 29.6 Å². The normalized spacial score (nSPS) is 11.6. The van der Waals surface area contributed by atoms with Gasteiger partial charge in [0.15, 0.2) is 0 Å². The molecule has 3 rings (SSSR count). The molecule has 0 fully saturated rings. The fourth-order valence-electron chi connectivity index (χ4n) is 3.00. The van der Waals surface area contributed by atoms with Crippen LogP contribution in [0.3, 0.4) is 0 Å². The van der Waals surface area contributed by atoms with Gasteiger partial charge in [-0.15, -0.1) is 0 Å². The van der Waals surface area contributed by atoms with E-state index in [9.17, 15) is 4.79 Å². The first kappa shape index (κ1) is 24.1. The van der Waals surface area contributed by atoms with Crippen LogP contribution in [-0.2, 0) is 6.54 Å². The molecule has 0 bridgehead atoms. The van der Waals surface area contributed by atoms with Crippen LogP contribution >= 0.6 is 0 Å². The summed E-state index contributed by atoms with van der Waals surface area (Å²) in [7, 11) is 3.19. The average Bonchev–Trinajstić information content (AvgIpc) is 2.82. The molecular weight excluding hydrogens is 436 g/mol. The highest BCUT2D eigenvalue weighted by atomic mass is 16.5. The number of anilines is 1. The molecule has 3 aromatic rings. The number of nitrogens with two attached hydrogens (primary N) is 2. The zero-order valence-corrected chi connectivity index (χ0v) is 19.1. The van der Waals surface area contributed by atoms with E-state index in [0.29, 0.717) is 28.8 Å². The van der Waals surface area contributed by atoms with Crippen LogP contribution in [0.2, 0.25) is 0 Å². The van der Waals surface area contributed by atoms with E-state index in [1.807, 2.05) is 30.3 Å². The summed E-state index contributed by atoms with van der Waals surface area (Å²) in [6, 6.07) is 15.8. The molecule has 0 atom stereocenters. The van der Waals surface area contributed by atoms with Crippen LogP contribution < -0.4 is 31.0 Å². The highest BCUT2D eigenvalue weighted by Gasteiger charge is 2.07. The quantitative estimate of drug-likeness (QED) is 0.344. The monoisotopic (exact) mass is 462 g/mol. The fraction of sp³-hybridized carbons (Fsp3) is 0.167. The Kier molecular flexibility index (Phi) is 8.01. The number of methoxy groups -OCH3 is 2. The van der Waals surface area contributed by atoms with E-state index in [1.54, 1.807) is 39.3 Å². The molecule has 1 heterocycles. The molecule has 2 aromatic carbocycles. The molecule has 10 heteroatoms. The summed E-state index contributed by atoms with van der Waals surface area (Å²) in [5.74, 6) is 2.39. The van der Waals surface area contributed by atoms with Gasteiger partial charge in [-0.2, -0.15) is 0 Å². The Hall–Kier alpha value is -4.60. The summed E-state index contributed by atoms with van der Waals surface area (Å²) >= 11 is 0. The molecule has 0 radical (unpaired) electrons. The first-order valence-electron chi connectivity index (χ1n) is 10.2. The lowest BCUT2D eigenvalue weighted by Gasteiger charge is -2.10. The van der Waals surface area contributed by atoms with Crippen molar-refractivity contribution in [2.24, 2.45) is 21.5 Å². The number of ether oxygens (including phenoxy) is 3. The molecule has 0 aliphatic rings. The number of nitrogens with zero attached hydrogens (tertiary/aromatic N) is 3. The van der Waals surface area contributed by atoms with Crippen molar-refractivity contribution in [3.8, 4) is 23.0 Å². The third-order valence-corrected chi connectivity index (χ3v) is 4.56. The van der Waals surface area contributed by atoms with Gasteiger partial charge in [0.25, 0.3) is 5.91 Å². The van der Waals surface area contributed by atoms with Gasteiger partial charge >= 0.3 is 0 Å². The average molecular weight is 463 g/mol. The lowest BCUT2D eigenvalue weighted by Crippen LogP contribution is -2.16. The molecule has 5 N–H and O–H groups in total. The number of amides is 1. The molecule has 0 saturated heterocycles. The van der Waals surface area contributed by atoms with Gasteiger partial charge in [-0.25, -0.2) is 9.98 Å². The number of carbonyl (C=O) groups excluding carboxylic acids is 1. The highest BCUT2D eigenvalue weighted by Crippen LogP contribution is 2.25. The van der Waals surface area contributed by atoms with E-state index in [2.05, 4.69) is 20.3 Å². The number of benzene rings is 2. The second kappa shape index (κ2) is 11.3. The van der Waals surface area contributed by atoms with Crippen molar-refractivity contribution in [2.45, 2.75) is 13.5 Å². The minimum absolute atomic E-state index is 0.109. The SMILES string of the molecule is COc1ccc(OC)c(CN=C(N)/N=C(\C)Nc2cccc(Oc3ccnc(C(N)=O)c3)c2)c1. The number of hydrogen-bond acceptors (Lipinski definition) is 6. The maximum atomic E-state index is 11.3. The predicted octanol–water partition coefficient (Wildman–Crippen LogP) is 3.34. The van der Waals surface area contributed by atoms with E-state index < -0.39 is 5.91 Å². The van der Waals surface area contributed by atoms with Gasteiger partial charge in [-0.3, -0.25) is 9.78 Å². The molecule has 0 spiro atoms. The topological polar surface area (TPSA) is 146 Å². The first-order chi connectivity index (χ1) is 16.4. The minimum atomic E-state index is -0.628. The van der Waals surface area contributed by atoms with E-state index >= 15 is 0 Å². The smallest absolute Gasteiger partial charge is 0.267 e. The van der Waals surface area contributed by atoms with Crippen molar-refractivity contribution >= 4 is 23.4 Å². The van der Waals surface area contributed by atoms with Crippen molar-refractivity contribution in [1.29, 1.82) is 0 Å². The standard InChI is InChI=1S/C24H26N6O4/c1-15(30-24(26)28-14-16-11-18(32-2)7-8-22(16)33-3)29-17-5-4-6-19(12-17)34-20-9-10-27-21(13-20)23(25)31/h4-13H,14H2,1-3H3,(H2,25,31)(H3,26,28,29,30). The van der Waals surface area contributed by atoms with Crippen LogP contribution in [0.1, 0.15) is 23.0 Å². The van der Waals surface area contributed by atoms with Crippen LogP contribution in [-0.4, -0.2) is 36.9 Å². The Morgan fingerprint density at radius 2 is 1.79 bits per heavy atom. The van der Waals surface area contributed by atoms with Crippen LogP contribution in [0.25, 0.3) is 0 Å². The third-order valence-electron chi connectivity index (χ3n) is 4.56. The number of aliphatic imine (C=N–C) groups is 2. The van der Waals surface area contributed by atoms with Crippen molar-refractivity contribution in [1.82, 2.24) is 4.98 Å². The van der Waals surface area contributed by atoms with E-state index in [4.69, 9.17) is 25.7 Å². The summed E-state index contributed by atoms with van der Waals surface area (Å²) < 4.78 is 16.4. The van der Waals surface area contributed by atoms with Crippen LogP contribution in [0.15, 0.2) is 70.8 Å². The number of pyridine rings is 1. The third kappa shape index (κ3) is 6.70. The summed E-state index contributed by atoms with van der Waals surface area (Å²) in [6.45, 7) is 2.05. The van der Waals surface area contributed by atoms with Gasteiger partial charge in [0.1, 0.15) is 34.5 Å². The van der Waals surface area contributed by atoms with Crippen molar-refractivity contribution in [3.05, 3.63) is 72.1 Å². The van der Waals surface area contributed by atoms with Gasteiger partial charge in [-0.05, 0) is 43.3 Å². The maximum Gasteiger partial charge on any atom is 0.267 e. The van der Waals surface area contributed by atoms with Crippen molar-refractivity contribution < 1.29 is 19.0 Å². The van der Waals surface area contributed by atoms with Gasteiger partial charge in [-0.1, -0.05) is 6.07 Å². The molecule has 34 heavy (non-hydrogen) atoms. The molecular formula is C24H26N6O4. The van der Waals surface area contributed by atoms with E-state index in [1.165, 1.54) is 12.3 Å². The molecule has 176 valence electrons. The predicted molar refractivity (Wildman–Crippen MR) is 131 cm³/mol. The lowest BCUT2D eigenvalue weighted by molar-refractivity contribution is 0.0995. The molecule has 10 nitrogen and oxygen atoms in total. The number of primary amides is 1. The zero-order valence-electron chi connectivity index (χ0n) is 19.1. The number of amidine groups is 1. The van der Waals surface area contributed by atoms with Crippen molar-refractivity contribution in [3.63, 3.8) is 0 Å².